The van der Waals surface area contributed by atoms with Gasteiger partial charge in [-0.05, 0) is 36.5 Å². The molecule has 1 aliphatic heterocycles. The van der Waals surface area contributed by atoms with Crippen molar-refractivity contribution in [3.63, 3.8) is 0 Å². The lowest BCUT2D eigenvalue weighted by molar-refractivity contribution is -0.155. The molecule has 0 aromatic rings. The third-order valence-electron chi connectivity index (χ3n) is 6.79. The molecule has 1 heterocycles. The first-order valence-corrected chi connectivity index (χ1v) is 8.18. The van der Waals surface area contributed by atoms with Gasteiger partial charge in [-0.2, -0.15) is 0 Å². The smallest absolute Gasteiger partial charge is 0.248 e. The maximum atomic E-state index is 13.0. The van der Waals surface area contributed by atoms with Crippen molar-refractivity contribution in [3.05, 3.63) is 0 Å². The van der Waals surface area contributed by atoms with E-state index in [1.807, 2.05) is 25.7 Å². The summed E-state index contributed by atoms with van der Waals surface area (Å²) in [5.74, 6) is 0.529. The minimum Gasteiger partial charge on any atom is -0.340 e. The molecule has 2 aliphatic rings. The van der Waals surface area contributed by atoms with Crippen molar-refractivity contribution in [1.29, 1.82) is 0 Å². The number of hydrogen-bond acceptors (Lipinski definition) is 2. The summed E-state index contributed by atoms with van der Waals surface area (Å²) >= 11 is 0. The molecule has 2 fully saturated rings. The molecule has 21 heavy (non-hydrogen) atoms. The van der Waals surface area contributed by atoms with Crippen LogP contribution in [0.3, 0.4) is 0 Å². The van der Waals surface area contributed by atoms with Crippen molar-refractivity contribution in [1.82, 2.24) is 10.2 Å². The Bertz CT molecular complexity index is 449. The predicted molar refractivity (Wildman–Crippen MR) is 83.7 cm³/mol. The van der Waals surface area contributed by atoms with Gasteiger partial charge in [-0.3, -0.25) is 9.59 Å². The molecule has 2 rings (SSSR count). The third-order valence-corrected chi connectivity index (χ3v) is 6.79. The van der Waals surface area contributed by atoms with Crippen LogP contribution in [0.2, 0.25) is 0 Å². The van der Waals surface area contributed by atoms with Crippen molar-refractivity contribution in [3.8, 4) is 0 Å². The minimum absolute atomic E-state index is 0.0189. The molecule has 1 unspecified atom stereocenters. The number of piperazine rings is 1. The van der Waals surface area contributed by atoms with Crippen LogP contribution >= 0.6 is 0 Å². The van der Waals surface area contributed by atoms with Gasteiger partial charge < -0.3 is 10.2 Å². The molecule has 1 saturated heterocycles. The Labute approximate surface area is 128 Å². The van der Waals surface area contributed by atoms with Gasteiger partial charge in [0.05, 0.1) is 0 Å². The summed E-state index contributed by atoms with van der Waals surface area (Å²) in [6.45, 7) is 15.5. The zero-order valence-electron chi connectivity index (χ0n) is 14.5. The van der Waals surface area contributed by atoms with Gasteiger partial charge in [0, 0.05) is 6.54 Å². The predicted octanol–water partition coefficient (Wildman–Crippen LogP) is 2.57. The van der Waals surface area contributed by atoms with E-state index < -0.39 is 5.54 Å². The monoisotopic (exact) mass is 294 g/mol. The van der Waals surface area contributed by atoms with Crippen LogP contribution in [0, 0.1) is 16.7 Å². The maximum Gasteiger partial charge on any atom is 0.248 e. The van der Waals surface area contributed by atoms with Crippen LogP contribution in [0.4, 0.5) is 0 Å². The summed E-state index contributed by atoms with van der Waals surface area (Å²) in [5, 5.41) is 2.96. The van der Waals surface area contributed by atoms with Gasteiger partial charge in [-0.25, -0.2) is 0 Å². The summed E-state index contributed by atoms with van der Waals surface area (Å²) in [7, 11) is 0. The number of hydrogen-bond donors (Lipinski definition) is 1. The van der Waals surface area contributed by atoms with E-state index in [1.165, 1.54) is 0 Å². The normalized spacial score (nSPS) is 30.2. The molecule has 0 spiro atoms. The number of carbonyl (C=O) groups excluding carboxylic acids is 2. The molecule has 0 radical (unpaired) electrons. The number of amides is 2. The summed E-state index contributed by atoms with van der Waals surface area (Å²) in [5.41, 5.74) is -0.253. The van der Waals surface area contributed by atoms with Crippen molar-refractivity contribution < 1.29 is 9.59 Å². The zero-order valence-corrected chi connectivity index (χ0v) is 14.5. The molecule has 120 valence electrons. The average Bonchev–Trinajstić information content (AvgIpc) is 2.80. The first-order valence-electron chi connectivity index (χ1n) is 8.18. The Kier molecular flexibility index (Phi) is 3.67. The Morgan fingerprint density at radius 3 is 1.90 bits per heavy atom. The minimum atomic E-state index is -0.702. The fourth-order valence-electron chi connectivity index (χ4n) is 3.94. The Balaban J connectivity index is 2.25. The third kappa shape index (κ3) is 2.09. The van der Waals surface area contributed by atoms with Gasteiger partial charge in [0.1, 0.15) is 11.6 Å². The second-order valence-electron chi connectivity index (χ2n) is 7.91. The van der Waals surface area contributed by atoms with Crippen LogP contribution in [-0.4, -0.2) is 34.8 Å². The summed E-state index contributed by atoms with van der Waals surface area (Å²) < 4.78 is 0. The van der Waals surface area contributed by atoms with E-state index in [1.54, 1.807) is 0 Å². The van der Waals surface area contributed by atoms with Crippen LogP contribution in [0.15, 0.2) is 0 Å². The Hall–Kier alpha value is -1.06. The van der Waals surface area contributed by atoms with Crippen LogP contribution in [0.1, 0.15) is 61.3 Å². The van der Waals surface area contributed by atoms with Crippen molar-refractivity contribution in [2.75, 3.05) is 6.54 Å². The van der Waals surface area contributed by atoms with Crippen LogP contribution < -0.4 is 5.32 Å². The topological polar surface area (TPSA) is 49.4 Å². The van der Waals surface area contributed by atoms with Crippen molar-refractivity contribution in [2.45, 2.75) is 72.9 Å². The molecular weight excluding hydrogens is 264 g/mol. The second kappa shape index (κ2) is 4.72. The highest BCUT2D eigenvalue weighted by atomic mass is 16.2. The summed E-state index contributed by atoms with van der Waals surface area (Å²) in [6.07, 6.45) is 1.30. The molecule has 4 heteroatoms. The average molecular weight is 294 g/mol. The lowest BCUT2D eigenvalue weighted by Gasteiger charge is -2.45. The fraction of sp³-hybridized carbons (Fsp3) is 0.882. The highest BCUT2D eigenvalue weighted by Crippen LogP contribution is 2.68. The highest BCUT2D eigenvalue weighted by molar-refractivity contribution is 5.99. The zero-order chi connectivity index (χ0) is 16.2. The van der Waals surface area contributed by atoms with E-state index in [-0.39, 0.29) is 28.7 Å². The summed E-state index contributed by atoms with van der Waals surface area (Å²) in [6, 6.07) is -0.365. The van der Waals surface area contributed by atoms with E-state index in [2.05, 4.69) is 33.0 Å². The van der Waals surface area contributed by atoms with Gasteiger partial charge in [-0.15, -0.1) is 0 Å². The molecule has 0 aromatic heterocycles. The molecule has 1 aliphatic carbocycles. The maximum absolute atomic E-state index is 13.0. The molecule has 1 saturated carbocycles. The van der Waals surface area contributed by atoms with Crippen LogP contribution in [-0.2, 0) is 9.59 Å². The van der Waals surface area contributed by atoms with Gasteiger partial charge in [0.2, 0.25) is 11.8 Å². The Morgan fingerprint density at radius 1 is 1.05 bits per heavy atom. The number of nitrogens with one attached hydrogen (secondary N) is 1. The Morgan fingerprint density at radius 2 is 1.52 bits per heavy atom. The number of nitrogens with zero attached hydrogens (tertiary/aromatic N) is 1. The standard InChI is InChI=1S/C17H30N2O2/c1-8-17(9-2)14(21)19(11(3)13(20)18-17)10-12-15(4,5)16(12,6)7/h11-12H,8-10H2,1-7H3,(H,18,20). The lowest BCUT2D eigenvalue weighted by atomic mass is 9.87. The van der Waals surface area contributed by atoms with E-state index in [9.17, 15) is 9.59 Å². The largest absolute Gasteiger partial charge is 0.340 e. The second-order valence-corrected chi connectivity index (χ2v) is 7.91. The van der Waals surface area contributed by atoms with E-state index in [0.717, 1.165) is 0 Å². The quantitative estimate of drug-likeness (QED) is 0.866. The lowest BCUT2D eigenvalue weighted by Crippen LogP contribution is -2.69. The van der Waals surface area contributed by atoms with Crippen LogP contribution in [0.25, 0.3) is 0 Å². The molecular formula is C17H30N2O2. The molecule has 1 atom stereocenters. The van der Waals surface area contributed by atoms with E-state index in [4.69, 9.17) is 0 Å². The van der Waals surface area contributed by atoms with Crippen molar-refractivity contribution >= 4 is 11.8 Å². The first-order chi connectivity index (χ1) is 9.55. The van der Waals surface area contributed by atoms with Gasteiger partial charge in [0.15, 0.2) is 0 Å². The number of rotatable bonds is 4. The van der Waals surface area contributed by atoms with Gasteiger partial charge in [0.25, 0.3) is 0 Å². The van der Waals surface area contributed by atoms with E-state index >= 15 is 0 Å². The van der Waals surface area contributed by atoms with Crippen LogP contribution in [0.5, 0.6) is 0 Å². The van der Waals surface area contributed by atoms with Gasteiger partial charge in [-0.1, -0.05) is 41.5 Å². The van der Waals surface area contributed by atoms with Gasteiger partial charge >= 0.3 is 0 Å². The molecule has 0 aromatic carbocycles. The molecule has 2 amide bonds. The van der Waals surface area contributed by atoms with Crippen molar-refractivity contribution in [2.24, 2.45) is 16.7 Å². The van der Waals surface area contributed by atoms with E-state index in [0.29, 0.717) is 25.3 Å². The molecule has 4 nitrogen and oxygen atoms in total. The fourth-order valence-corrected chi connectivity index (χ4v) is 3.94. The SMILES string of the molecule is CCC1(CC)NC(=O)C(C)N(CC2C(C)(C)C2(C)C)C1=O. The first kappa shape index (κ1) is 16.3. The molecule has 1 N–H and O–H groups in total. The number of carbonyl (C=O) groups is 2. The highest BCUT2D eigenvalue weighted by Gasteiger charge is 2.65. The molecule has 0 bridgehead atoms. The summed E-state index contributed by atoms with van der Waals surface area (Å²) in [4.78, 5) is 27.1.